The maximum Gasteiger partial charge on any atom is 0.224 e. The van der Waals surface area contributed by atoms with Crippen LogP contribution in [-0.2, 0) is 4.79 Å². The monoisotopic (exact) mass is 320 g/mol. The molecule has 1 rings (SSSR count). The zero-order chi connectivity index (χ0) is 14.3. The van der Waals surface area contributed by atoms with Crippen molar-refractivity contribution in [1.82, 2.24) is 10.6 Å². The highest BCUT2D eigenvalue weighted by molar-refractivity contribution is 6.32. The smallest absolute Gasteiger partial charge is 0.224 e. The Morgan fingerprint density at radius 2 is 1.95 bits per heavy atom. The Kier molecular flexibility index (Phi) is 9.38. The number of ether oxygens (including phenoxy) is 1. The van der Waals surface area contributed by atoms with Crippen molar-refractivity contribution in [2.24, 2.45) is 5.92 Å². The molecule has 4 nitrogen and oxygen atoms in total. The highest BCUT2D eigenvalue weighted by atomic mass is 35.5. The third-order valence-electron chi connectivity index (χ3n) is 2.69. The maximum absolute atomic E-state index is 11.7. The summed E-state index contributed by atoms with van der Waals surface area (Å²) >= 11 is 6.00. The van der Waals surface area contributed by atoms with E-state index in [9.17, 15) is 4.79 Å². The minimum atomic E-state index is -0.134. The third-order valence-corrected chi connectivity index (χ3v) is 3.00. The molecule has 0 radical (unpaired) electrons. The van der Waals surface area contributed by atoms with Gasteiger partial charge in [-0.3, -0.25) is 4.79 Å². The fourth-order valence-electron chi connectivity index (χ4n) is 1.62. The summed E-state index contributed by atoms with van der Waals surface area (Å²) in [6.45, 7) is 4.89. The minimum Gasteiger partial charge on any atom is -0.487 e. The molecule has 1 aromatic rings. The highest BCUT2D eigenvalue weighted by Crippen LogP contribution is 2.23. The molecule has 0 heterocycles. The number of para-hydroxylation sites is 1. The van der Waals surface area contributed by atoms with E-state index >= 15 is 0 Å². The number of carbonyl (C=O) groups is 1. The molecule has 20 heavy (non-hydrogen) atoms. The van der Waals surface area contributed by atoms with Crippen LogP contribution in [0.1, 0.15) is 13.8 Å². The van der Waals surface area contributed by atoms with E-state index in [4.69, 9.17) is 16.3 Å². The predicted molar refractivity (Wildman–Crippen MR) is 84.9 cm³/mol. The molecule has 0 aliphatic carbocycles. The van der Waals surface area contributed by atoms with Gasteiger partial charge in [-0.1, -0.05) is 30.7 Å². The Balaban J connectivity index is 0.00000361. The summed E-state index contributed by atoms with van der Waals surface area (Å²) in [7, 11) is 1.83. The molecule has 114 valence electrons. The van der Waals surface area contributed by atoms with Crippen LogP contribution in [0.4, 0.5) is 0 Å². The minimum absolute atomic E-state index is 0. The van der Waals surface area contributed by atoms with Crippen molar-refractivity contribution in [3.63, 3.8) is 0 Å². The average molecular weight is 321 g/mol. The van der Waals surface area contributed by atoms with E-state index in [0.29, 0.717) is 23.9 Å². The molecule has 0 aromatic heterocycles. The molecule has 6 heteroatoms. The van der Waals surface area contributed by atoms with Crippen molar-refractivity contribution in [2.45, 2.75) is 20.0 Å². The molecule has 0 spiro atoms. The second-order valence-electron chi connectivity index (χ2n) is 4.56. The first-order valence-corrected chi connectivity index (χ1v) is 6.76. The van der Waals surface area contributed by atoms with Gasteiger partial charge in [-0.15, -0.1) is 12.4 Å². The van der Waals surface area contributed by atoms with Gasteiger partial charge < -0.3 is 15.4 Å². The quantitative estimate of drug-likeness (QED) is 0.811. The molecule has 2 atom stereocenters. The van der Waals surface area contributed by atoms with Crippen molar-refractivity contribution in [3.8, 4) is 5.75 Å². The van der Waals surface area contributed by atoms with Gasteiger partial charge in [0.1, 0.15) is 11.9 Å². The first-order chi connectivity index (χ1) is 9.04. The summed E-state index contributed by atoms with van der Waals surface area (Å²) in [5.41, 5.74) is 0. The van der Waals surface area contributed by atoms with Crippen molar-refractivity contribution >= 4 is 29.9 Å². The zero-order valence-corrected chi connectivity index (χ0v) is 13.6. The summed E-state index contributed by atoms with van der Waals surface area (Å²) < 4.78 is 5.67. The van der Waals surface area contributed by atoms with Gasteiger partial charge >= 0.3 is 0 Å². The van der Waals surface area contributed by atoms with E-state index in [0.717, 1.165) is 0 Å². The van der Waals surface area contributed by atoms with Crippen LogP contribution in [0.25, 0.3) is 0 Å². The van der Waals surface area contributed by atoms with Gasteiger partial charge in [-0.05, 0) is 26.1 Å². The molecular weight excluding hydrogens is 299 g/mol. The standard InChI is InChI=1S/C14H21ClN2O2.ClH/c1-10(8-16-3)14(18)17-9-11(2)19-13-7-5-4-6-12(13)15;/h4-7,10-11,16H,8-9H2,1-3H3,(H,17,18);1H. The second-order valence-corrected chi connectivity index (χ2v) is 4.97. The average Bonchev–Trinajstić information content (AvgIpc) is 2.39. The van der Waals surface area contributed by atoms with Crippen LogP contribution in [0.3, 0.4) is 0 Å². The third kappa shape index (κ3) is 6.46. The highest BCUT2D eigenvalue weighted by Gasteiger charge is 2.13. The Morgan fingerprint density at radius 3 is 2.55 bits per heavy atom. The van der Waals surface area contributed by atoms with Gasteiger partial charge in [0.05, 0.1) is 11.6 Å². The zero-order valence-electron chi connectivity index (χ0n) is 12.0. The van der Waals surface area contributed by atoms with Gasteiger partial charge in [0.25, 0.3) is 0 Å². The van der Waals surface area contributed by atoms with Crippen LogP contribution in [0.5, 0.6) is 5.75 Å². The van der Waals surface area contributed by atoms with Gasteiger partial charge in [0.15, 0.2) is 0 Å². The molecule has 0 aliphatic rings. The van der Waals surface area contributed by atoms with Crippen molar-refractivity contribution < 1.29 is 9.53 Å². The Hall–Kier alpha value is -0.970. The van der Waals surface area contributed by atoms with Gasteiger partial charge in [-0.2, -0.15) is 0 Å². The van der Waals surface area contributed by atoms with Crippen LogP contribution in [0, 0.1) is 5.92 Å². The number of carbonyl (C=O) groups excluding carboxylic acids is 1. The first-order valence-electron chi connectivity index (χ1n) is 6.38. The maximum atomic E-state index is 11.7. The number of benzene rings is 1. The SMILES string of the molecule is CNCC(C)C(=O)NCC(C)Oc1ccccc1Cl.Cl. The van der Waals surface area contributed by atoms with E-state index in [-0.39, 0.29) is 30.3 Å². The fourth-order valence-corrected chi connectivity index (χ4v) is 1.80. The molecule has 0 saturated carbocycles. The van der Waals surface area contributed by atoms with Crippen LogP contribution in [0.2, 0.25) is 5.02 Å². The van der Waals surface area contributed by atoms with Crippen LogP contribution in [0.15, 0.2) is 24.3 Å². The van der Waals surface area contributed by atoms with Gasteiger partial charge in [-0.25, -0.2) is 0 Å². The first kappa shape index (κ1) is 19.0. The molecule has 1 aromatic carbocycles. The number of amides is 1. The molecular formula is C14H22Cl2N2O2. The molecule has 1 amide bonds. The van der Waals surface area contributed by atoms with Crippen LogP contribution in [-0.4, -0.2) is 32.1 Å². The van der Waals surface area contributed by atoms with E-state index < -0.39 is 0 Å². The lowest BCUT2D eigenvalue weighted by molar-refractivity contribution is -0.124. The summed E-state index contributed by atoms with van der Waals surface area (Å²) in [5, 5.41) is 6.41. The van der Waals surface area contributed by atoms with E-state index in [1.54, 1.807) is 6.07 Å². The molecule has 2 N–H and O–H groups in total. The van der Waals surface area contributed by atoms with Crippen molar-refractivity contribution in [3.05, 3.63) is 29.3 Å². The fraction of sp³-hybridized carbons (Fsp3) is 0.500. The Bertz CT molecular complexity index is 416. The normalized spacial score (nSPS) is 13.0. The summed E-state index contributed by atoms with van der Waals surface area (Å²) in [6, 6.07) is 7.30. The largest absolute Gasteiger partial charge is 0.487 e. The number of hydrogen-bond donors (Lipinski definition) is 2. The lowest BCUT2D eigenvalue weighted by atomic mass is 10.1. The van der Waals surface area contributed by atoms with E-state index in [1.165, 1.54) is 0 Å². The molecule has 0 saturated heterocycles. The van der Waals surface area contributed by atoms with Gasteiger partial charge in [0.2, 0.25) is 5.91 Å². The lowest BCUT2D eigenvalue weighted by Gasteiger charge is -2.18. The van der Waals surface area contributed by atoms with Gasteiger partial charge in [0, 0.05) is 12.5 Å². The molecule has 0 aliphatic heterocycles. The predicted octanol–water partition coefficient (Wildman–Crippen LogP) is 2.50. The molecule has 0 bridgehead atoms. The topological polar surface area (TPSA) is 50.4 Å². The number of hydrogen-bond acceptors (Lipinski definition) is 3. The Labute approximate surface area is 131 Å². The number of nitrogens with one attached hydrogen (secondary N) is 2. The van der Waals surface area contributed by atoms with E-state index in [1.807, 2.05) is 39.1 Å². The summed E-state index contributed by atoms with van der Waals surface area (Å²) in [6.07, 6.45) is -0.134. The number of halogens is 2. The summed E-state index contributed by atoms with van der Waals surface area (Å²) in [4.78, 5) is 11.7. The van der Waals surface area contributed by atoms with Crippen LogP contribution < -0.4 is 15.4 Å². The number of rotatable bonds is 7. The van der Waals surface area contributed by atoms with Crippen molar-refractivity contribution in [1.29, 1.82) is 0 Å². The van der Waals surface area contributed by atoms with E-state index in [2.05, 4.69) is 10.6 Å². The molecule has 2 unspecified atom stereocenters. The van der Waals surface area contributed by atoms with Crippen LogP contribution >= 0.6 is 24.0 Å². The summed E-state index contributed by atoms with van der Waals surface area (Å²) in [5.74, 6) is 0.593. The molecule has 0 fully saturated rings. The lowest BCUT2D eigenvalue weighted by Crippen LogP contribution is -2.39. The second kappa shape index (κ2) is 9.86. The Morgan fingerprint density at radius 1 is 1.30 bits per heavy atom. The van der Waals surface area contributed by atoms with Crippen molar-refractivity contribution in [2.75, 3.05) is 20.1 Å².